The van der Waals surface area contributed by atoms with E-state index in [1.165, 1.54) is 22.4 Å². The number of aryl methyl sites for hydroxylation is 2. The standard InChI is InChI=1S/C22H26N2O/c1-16-8-9-21(17(2)14-16)23-10-12-24(13-11-23)22(25)20-15-19(20)18-6-4-3-5-7-18/h3-9,14,19-20H,10-13,15H2,1-2H3/t19-,20-/m1/s1. The summed E-state index contributed by atoms with van der Waals surface area (Å²) in [7, 11) is 0. The van der Waals surface area contributed by atoms with E-state index < -0.39 is 0 Å². The van der Waals surface area contributed by atoms with Crippen LogP contribution in [-0.4, -0.2) is 37.0 Å². The number of hydrogen-bond acceptors (Lipinski definition) is 2. The number of anilines is 1. The van der Waals surface area contributed by atoms with Crippen LogP contribution in [0.3, 0.4) is 0 Å². The summed E-state index contributed by atoms with van der Waals surface area (Å²) in [5.74, 6) is 0.996. The number of rotatable bonds is 3. The van der Waals surface area contributed by atoms with Crippen molar-refractivity contribution < 1.29 is 4.79 Å². The molecule has 0 bridgehead atoms. The number of piperazine rings is 1. The van der Waals surface area contributed by atoms with Crippen LogP contribution in [0.5, 0.6) is 0 Å². The van der Waals surface area contributed by atoms with Gasteiger partial charge in [0.2, 0.25) is 5.91 Å². The summed E-state index contributed by atoms with van der Waals surface area (Å²) in [5, 5.41) is 0. The van der Waals surface area contributed by atoms with Crippen molar-refractivity contribution >= 4 is 11.6 Å². The summed E-state index contributed by atoms with van der Waals surface area (Å²) in [6.45, 7) is 7.84. The van der Waals surface area contributed by atoms with Crippen LogP contribution in [0.2, 0.25) is 0 Å². The lowest BCUT2D eigenvalue weighted by molar-refractivity contribution is -0.132. The van der Waals surface area contributed by atoms with Crippen molar-refractivity contribution in [1.82, 2.24) is 4.90 Å². The van der Waals surface area contributed by atoms with E-state index in [0.29, 0.717) is 11.8 Å². The molecule has 3 heteroatoms. The maximum Gasteiger partial charge on any atom is 0.226 e. The summed E-state index contributed by atoms with van der Waals surface area (Å²) < 4.78 is 0. The van der Waals surface area contributed by atoms with E-state index in [-0.39, 0.29) is 5.92 Å². The van der Waals surface area contributed by atoms with Gasteiger partial charge < -0.3 is 9.80 Å². The third kappa shape index (κ3) is 3.28. The molecular weight excluding hydrogens is 308 g/mol. The first-order chi connectivity index (χ1) is 12.1. The fraction of sp³-hybridized carbons (Fsp3) is 0.409. The fourth-order valence-corrected chi connectivity index (χ4v) is 4.10. The van der Waals surface area contributed by atoms with Crippen LogP contribution in [0.15, 0.2) is 48.5 Å². The first kappa shape index (κ1) is 16.2. The molecule has 0 unspecified atom stereocenters. The molecule has 4 rings (SSSR count). The van der Waals surface area contributed by atoms with Crippen LogP contribution in [0.4, 0.5) is 5.69 Å². The van der Waals surface area contributed by atoms with Crippen molar-refractivity contribution in [3.8, 4) is 0 Å². The average Bonchev–Trinajstić information content (AvgIpc) is 3.43. The lowest BCUT2D eigenvalue weighted by atomic mass is 10.1. The fourth-order valence-electron chi connectivity index (χ4n) is 4.10. The number of amides is 1. The van der Waals surface area contributed by atoms with Crippen molar-refractivity contribution in [2.24, 2.45) is 5.92 Å². The highest BCUT2D eigenvalue weighted by Gasteiger charge is 2.45. The van der Waals surface area contributed by atoms with Gasteiger partial charge in [-0.05, 0) is 43.4 Å². The number of carbonyl (C=O) groups is 1. The minimum Gasteiger partial charge on any atom is -0.368 e. The van der Waals surface area contributed by atoms with Crippen molar-refractivity contribution in [3.63, 3.8) is 0 Å². The van der Waals surface area contributed by atoms with E-state index in [0.717, 1.165) is 32.6 Å². The second-order valence-electron chi connectivity index (χ2n) is 7.46. The predicted molar refractivity (Wildman–Crippen MR) is 102 cm³/mol. The Kier molecular flexibility index (Phi) is 4.24. The van der Waals surface area contributed by atoms with Gasteiger partial charge in [0, 0.05) is 37.8 Å². The van der Waals surface area contributed by atoms with Crippen LogP contribution in [0.1, 0.15) is 29.0 Å². The lowest BCUT2D eigenvalue weighted by Gasteiger charge is -2.37. The Balaban J connectivity index is 1.35. The molecule has 0 spiro atoms. The molecule has 0 radical (unpaired) electrons. The molecule has 25 heavy (non-hydrogen) atoms. The predicted octanol–water partition coefficient (Wildman–Crippen LogP) is 3.76. The van der Waals surface area contributed by atoms with Crippen LogP contribution in [-0.2, 0) is 4.79 Å². The molecule has 1 aliphatic carbocycles. The van der Waals surface area contributed by atoms with Gasteiger partial charge in [-0.25, -0.2) is 0 Å². The zero-order valence-electron chi connectivity index (χ0n) is 15.1. The van der Waals surface area contributed by atoms with Crippen LogP contribution in [0, 0.1) is 19.8 Å². The second kappa shape index (κ2) is 6.55. The van der Waals surface area contributed by atoms with Crippen molar-refractivity contribution in [1.29, 1.82) is 0 Å². The third-order valence-electron chi connectivity index (χ3n) is 5.62. The van der Waals surface area contributed by atoms with Gasteiger partial charge >= 0.3 is 0 Å². The SMILES string of the molecule is Cc1ccc(N2CCN(C(=O)[C@@H]3C[C@@H]3c3ccccc3)CC2)c(C)c1. The Morgan fingerprint density at radius 1 is 0.960 bits per heavy atom. The van der Waals surface area contributed by atoms with Gasteiger partial charge in [-0.2, -0.15) is 0 Å². The maximum absolute atomic E-state index is 12.8. The van der Waals surface area contributed by atoms with E-state index in [1.54, 1.807) is 0 Å². The molecule has 3 nitrogen and oxygen atoms in total. The Morgan fingerprint density at radius 2 is 1.68 bits per heavy atom. The summed E-state index contributed by atoms with van der Waals surface area (Å²) in [4.78, 5) is 17.3. The molecule has 0 aromatic heterocycles. The molecule has 1 aliphatic heterocycles. The third-order valence-corrected chi connectivity index (χ3v) is 5.62. The van der Waals surface area contributed by atoms with E-state index in [1.807, 2.05) is 6.07 Å². The lowest BCUT2D eigenvalue weighted by Crippen LogP contribution is -2.49. The molecular formula is C22H26N2O. The van der Waals surface area contributed by atoms with Gasteiger partial charge in [0.05, 0.1) is 0 Å². The van der Waals surface area contributed by atoms with Gasteiger partial charge in [-0.3, -0.25) is 4.79 Å². The topological polar surface area (TPSA) is 23.6 Å². The van der Waals surface area contributed by atoms with Crippen LogP contribution in [0.25, 0.3) is 0 Å². The summed E-state index contributed by atoms with van der Waals surface area (Å²) in [6, 6.07) is 17.1. The van der Waals surface area contributed by atoms with Crippen LogP contribution >= 0.6 is 0 Å². The average molecular weight is 334 g/mol. The van der Waals surface area contributed by atoms with Gasteiger partial charge in [0.15, 0.2) is 0 Å². The molecule has 130 valence electrons. The first-order valence-corrected chi connectivity index (χ1v) is 9.29. The van der Waals surface area contributed by atoms with Crippen LogP contribution < -0.4 is 4.90 Å². The highest BCUT2D eigenvalue weighted by molar-refractivity contribution is 5.83. The molecule has 1 saturated heterocycles. The first-order valence-electron chi connectivity index (χ1n) is 9.29. The molecule has 1 saturated carbocycles. The normalized spacial score (nSPS) is 22.8. The molecule has 2 aliphatic rings. The molecule has 2 atom stereocenters. The number of nitrogens with zero attached hydrogens (tertiary/aromatic N) is 2. The van der Waals surface area contributed by atoms with E-state index in [2.05, 4.69) is 66.1 Å². The molecule has 2 fully saturated rings. The molecule has 1 amide bonds. The van der Waals surface area contributed by atoms with Gasteiger partial charge in [0.1, 0.15) is 0 Å². The van der Waals surface area contributed by atoms with Crippen molar-refractivity contribution in [2.75, 3.05) is 31.1 Å². The maximum atomic E-state index is 12.8. The van der Waals surface area contributed by atoms with Gasteiger partial charge in [-0.1, -0.05) is 48.0 Å². The minimum absolute atomic E-state index is 0.204. The van der Waals surface area contributed by atoms with Gasteiger partial charge in [0.25, 0.3) is 0 Å². The summed E-state index contributed by atoms with van der Waals surface area (Å²) in [5.41, 5.74) is 5.25. The van der Waals surface area contributed by atoms with E-state index in [9.17, 15) is 4.79 Å². The Morgan fingerprint density at radius 3 is 2.36 bits per heavy atom. The van der Waals surface area contributed by atoms with E-state index in [4.69, 9.17) is 0 Å². The summed E-state index contributed by atoms with van der Waals surface area (Å²) in [6.07, 6.45) is 1.01. The monoisotopic (exact) mass is 334 g/mol. The van der Waals surface area contributed by atoms with Crippen molar-refractivity contribution in [3.05, 3.63) is 65.2 Å². The molecule has 1 heterocycles. The number of carbonyl (C=O) groups excluding carboxylic acids is 1. The molecule has 2 aromatic rings. The second-order valence-corrected chi connectivity index (χ2v) is 7.46. The van der Waals surface area contributed by atoms with Gasteiger partial charge in [-0.15, -0.1) is 0 Å². The number of benzene rings is 2. The molecule has 2 aromatic carbocycles. The summed E-state index contributed by atoms with van der Waals surface area (Å²) >= 11 is 0. The quantitative estimate of drug-likeness (QED) is 0.853. The Hall–Kier alpha value is -2.29. The number of hydrogen-bond donors (Lipinski definition) is 0. The molecule has 0 N–H and O–H groups in total. The van der Waals surface area contributed by atoms with Crippen molar-refractivity contribution in [2.45, 2.75) is 26.2 Å². The highest BCUT2D eigenvalue weighted by atomic mass is 16.2. The van der Waals surface area contributed by atoms with E-state index >= 15 is 0 Å². The largest absolute Gasteiger partial charge is 0.368 e. The highest BCUT2D eigenvalue weighted by Crippen LogP contribution is 2.48. The smallest absolute Gasteiger partial charge is 0.226 e. The Labute approximate surface area is 150 Å². The Bertz CT molecular complexity index is 763. The minimum atomic E-state index is 0.204. The zero-order valence-corrected chi connectivity index (χ0v) is 15.1. The zero-order chi connectivity index (χ0) is 17.4.